The highest BCUT2D eigenvalue weighted by Gasteiger charge is 2.35. The van der Waals surface area contributed by atoms with E-state index in [2.05, 4.69) is 15.4 Å². The molecule has 1 saturated heterocycles. The Morgan fingerprint density at radius 2 is 1.96 bits per heavy atom. The van der Waals surface area contributed by atoms with E-state index in [0.29, 0.717) is 25.2 Å². The quantitative estimate of drug-likeness (QED) is 0.876. The largest absolute Gasteiger partial charge is 0.481 e. The van der Waals surface area contributed by atoms with Crippen molar-refractivity contribution < 1.29 is 14.7 Å². The Bertz CT molecular complexity index is 774. The van der Waals surface area contributed by atoms with E-state index in [1.807, 2.05) is 44.2 Å². The van der Waals surface area contributed by atoms with Crippen LogP contribution < -0.4 is 0 Å². The second-order valence-electron chi connectivity index (χ2n) is 6.95. The van der Waals surface area contributed by atoms with E-state index in [4.69, 9.17) is 0 Å². The number of aromatic nitrogens is 4. The van der Waals surface area contributed by atoms with E-state index < -0.39 is 17.9 Å². The molecule has 8 nitrogen and oxygen atoms in total. The minimum Gasteiger partial charge on any atom is -0.481 e. The lowest BCUT2D eigenvalue weighted by molar-refractivity contribution is -0.147. The predicted molar refractivity (Wildman–Crippen MR) is 94.1 cm³/mol. The number of hydrogen-bond acceptors (Lipinski definition) is 5. The number of carbonyl (C=O) groups is 2. The van der Waals surface area contributed by atoms with E-state index in [1.165, 1.54) is 4.80 Å². The fraction of sp³-hybridized carbons (Fsp3) is 0.500. The van der Waals surface area contributed by atoms with Crippen LogP contribution in [0.15, 0.2) is 30.3 Å². The molecule has 8 heteroatoms. The van der Waals surface area contributed by atoms with Crippen LogP contribution in [0.4, 0.5) is 0 Å². The number of aliphatic carboxylic acids is 1. The SMILES string of the molecule is CC(C)[C@@H](C(=O)N1CCC[C@@H](C(=O)O)C1)n1nnc(-c2ccccc2)n1. The highest BCUT2D eigenvalue weighted by atomic mass is 16.4. The van der Waals surface area contributed by atoms with Crippen LogP contribution in [0.25, 0.3) is 11.4 Å². The van der Waals surface area contributed by atoms with Crippen molar-refractivity contribution in [1.29, 1.82) is 0 Å². The molecular weight excluding hydrogens is 334 g/mol. The van der Waals surface area contributed by atoms with E-state index >= 15 is 0 Å². The molecule has 0 bridgehead atoms. The smallest absolute Gasteiger partial charge is 0.308 e. The molecule has 0 aliphatic carbocycles. The Morgan fingerprint density at radius 1 is 1.23 bits per heavy atom. The van der Waals surface area contributed by atoms with Gasteiger partial charge in [0.15, 0.2) is 6.04 Å². The van der Waals surface area contributed by atoms with E-state index in [1.54, 1.807) is 4.90 Å². The third-order valence-electron chi connectivity index (χ3n) is 4.68. The molecule has 3 rings (SSSR count). The first-order chi connectivity index (χ1) is 12.5. The fourth-order valence-corrected chi connectivity index (χ4v) is 3.26. The fourth-order valence-electron chi connectivity index (χ4n) is 3.26. The Kier molecular flexibility index (Phi) is 5.29. The van der Waals surface area contributed by atoms with Crippen LogP contribution in [0.5, 0.6) is 0 Å². The molecule has 1 aromatic heterocycles. The van der Waals surface area contributed by atoms with Crippen LogP contribution in [0.3, 0.4) is 0 Å². The van der Waals surface area contributed by atoms with Crippen molar-refractivity contribution in [2.24, 2.45) is 11.8 Å². The third-order valence-corrected chi connectivity index (χ3v) is 4.68. The van der Waals surface area contributed by atoms with Crippen molar-refractivity contribution in [3.63, 3.8) is 0 Å². The number of benzene rings is 1. The maximum atomic E-state index is 13.1. The lowest BCUT2D eigenvalue weighted by atomic mass is 9.96. The highest BCUT2D eigenvalue weighted by molar-refractivity contribution is 5.81. The van der Waals surface area contributed by atoms with Crippen molar-refractivity contribution in [2.75, 3.05) is 13.1 Å². The summed E-state index contributed by atoms with van der Waals surface area (Å²) in [6.45, 7) is 4.64. The molecule has 138 valence electrons. The van der Waals surface area contributed by atoms with Crippen LogP contribution in [0, 0.1) is 11.8 Å². The van der Waals surface area contributed by atoms with Gasteiger partial charge in [-0.1, -0.05) is 44.2 Å². The van der Waals surface area contributed by atoms with Crippen LogP contribution >= 0.6 is 0 Å². The van der Waals surface area contributed by atoms with Gasteiger partial charge in [0.2, 0.25) is 11.7 Å². The minimum atomic E-state index is -0.853. The maximum Gasteiger partial charge on any atom is 0.308 e. The van der Waals surface area contributed by atoms with Gasteiger partial charge in [0.25, 0.3) is 0 Å². The van der Waals surface area contributed by atoms with E-state index in [9.17, 15) is 14.7 Å². The van der Waals surface area contributed by atoms with Gasteiger partial charge < -0.3 is 10.0 Å². The van der Waals surface area contributed by atoms with Gasteiger partial charge in [0, 0.05) is 18.7 Å². The number of piperidine rings is 1. The Hall–Kier alpha value is -2.77. The number of nitrogens with zero attached hydrogens (tertiary/aromatic N) is 5. The van der Waals surface area contributed by atoms with Gasteiger partial charge in [-0.25, -0.2) is 0 Å². The highest BCUT2D eigenvalue weighted by Crippen LogP contribution is 2.24. The van der Waals surface area contributed by atoms with Crippen molar-refractivity contribution in [1.82, 2.24) is 25.1 Å². The number of rotatable bonds is 5. The molecule has 0 spiro atoms. The molecule has 26 heavy (non-hydrogen) atoms. The monoisotopic (exact) mass is 357 g/mol. The first-order valence-electron chi connectivity index (χ1n) is 8.84. The lowest BCUT2D eigenvalue weighted by Gasteiger charge is -2.33. The number of carboxylic acids is 1. The van der Waals surface area contributed by atoms with Crippen molar-refractivity contribution in [2.45, 2.75) is 32.7 Å². The first-order valence-corrected chi connectivity index (χ1v) is 8.84. The maximum absolute atomic E-state index is 13.1. The number of likely N-dealkylation sites (tertiary alicyclic amines) is 1. The standard InChI is InChI=1S/C18H23N5O3/c1-12(2)15(17(24)22-10-6-9-14(11-22)18(25)26)23-20-16(19-21-23)13-7-4-3-5-8-13/h3-5,7-8,12,14-15H,6,9-11H2,1-2H3,(H,25,26)/t14-,15+/m1/s1. The molecule has 1 aliphatic heterocycles. The topological polar surface area (TPSA) is 101 Å². The first kappa shape index (κ1) is 18.0. The lowest BCUT2D eigenvalue weighted by Crippen LogP contribution is -2.46. The number of tetrazole rings is 1. The normalized spacial score (nSPS) is 18.7. The average Bonchev–Trinajstić information content (AvgIpc) is 3.12. The zero-order chi connectivity index (χ0) is 18.7. The van der Waals surface area contributed by atoms with Gasteiger partial charge in [-0.05, 0) is 24.0 Å². The van der Waals surface area contributed by atoms with Crippen molar-refractivity contribution >= 4 is 11.9 Å². The number of carbonyl (C=O) groups excluding carboxylic acids is 1. The molecule has 0 saturated carbocycles. The van der Waals surface area contributed by atoms with Crippen LogP contribution in [0.1, 0.15) is 32.7 Å². The average molecular weight is 357 g/mol. The van der Waals surface area contributed by atoms with Crippen LogP contribution in [0.2, 0.25) is 0 Å². The molecule has 1 fully saturated rings. The predicted octanol–water partition coefficient (Wildman–Crippen LogP) is 1.86. The van der Waals surface area contributed by atoms with E-state index in [0.717, 1.165) is 5.56 Å². The molecule has 2 aromatic rings. The van der Waals surface area contributed by atoms with Gasteiger partial charge in [0.1, 0.15) is 0 Å². The molecule has 1 N–H and O–H groups in total. The molecule has 2 atom stereocenters. The molecule has 0 radical (unpaired) electrons. The van der Waals surface area contributed by atoms with E-state index in [-0.39, 0.29) is 18.4 Å². The van der Waals surface area contributed by atoms with Gasteiger partial charge in [-0.3, -0.25) is 9.59 Å². The Morgan fingerprint density at radius 3 is 2.62 bits per heavy atom. The third kappa shape index (κ3) is 3.74. The minimum absolute atomic E-state index is 0.0504. The summed E-state index contributed by atoms with van der Waals surface area (Å²) in [5.74, 6) is -1.10. The van der Waals surface area contributed by atoms with Gasteiger partial charge in [0.05, 0.1) is 5.92 Å². The molecular formula is C18H23N5O3. The van der Waals surface area contributed by atoms with Crippen LogP contribution in [-0.2, 0) is 9.59 Å². The van der Waals surface area contributed by atoms with Gasteiger partial charge in [-0.15, -0.1) is 10.2 Å². The number of amides is 1. The summed E-state index contributed by atoms with van der Waals surface area (Å²) in [6.07, 6.45) is 1.29. The Labute approximate surface area is 151 Å². The summed E-state index contributed by atoms with van der Waals surface area (Å²) in [5.41, 5.74) is 0.831. The second kappa shape index (κ2) is 7.63. The van der Waals surface area contributed by atoms with Gasteiger partial charge >= 0.3 is 5.97 Å². The summed E-state index contributed by atoms with van der Waals surface area (Å²) in [7, 11) is 0. The van der Waals surface area contributed by atoms with Crippen molar-refractivity contribution in [3.05, 3.63) is 30.3 Å². The number of hydrogen-bond donors (Lipinski definition) is 1. The second-order valence-corrected chi connectivity index (χ2v) is 6.95. The zero-order valence-electron chi connectivity index (χ0n) is 14.9. The summed E-state index contributed by atoms with van der Waals surface area (Å²) >= 11 is 0. The number of carboxylic acid groups (broad SMARTS) is 1. The molecule has 1 amide bonds. The molecule has 1 aromatic carbocycles. The summed E-state index contributed by atoms with van der Waals surface area (Å²) in [5, 5.41) is 21.8. The summed E-state index contributed by atoms with van der Waals surface area (Å²) < 4.78 is 0. The molecule has 1 aliphatic rings. The Balaban J connectivity index is 1.82. The summed E-state index contributed by atoms with van der Waals surface area (Å²) in [4.78, 5) is 27.3. The van der Waals surface area contributed by atoms with Crippen LogP contribution in [-0.4, -0.2) is 55.2 Å². The molecule has 0 unspecified atom stereocenters. The summed E-state index contributed by atoms with van der Waals surface area (Å²) in [6, 6.07) is 8.85. The van der Waals surface area contributed by atoms with Gasteiger partial charge in [-0.2, -0.15) is 4.80 Å². The van der Waals surface area contributed by atoms with Crippen molar-refractivity contribution in [3.8, 4) is 11.4 Å². The molecule has 2 heterocycles. The zero-order valence-corrected chi connectivity index (χ0v) is 14.9.